The predicted octanol–water partition coefficient (Wildman–Crippen LogP) is 4.87. The molecule has 0 bridgehead atoms. The third-order valence-corrected chi connectivity index (χ3v) is 6.41. The molecule has 29 heavy (non-hydrogen) atoms. The van der Waals surface area contributed by atoms with Gasteiger partial charge in [-0.25, -0.2) is 0 Å². The van der Waals surface area contributed by atoms with E-state index in [1.54, 1.807) is 17.6 Å². The molecule has 3 aromatic heterocycles. The van der Waals surface area contributed by atoms with Gasteiger partial charge in [-0.1, -0.05) is 36.0 Å². The summed E-state index contributed by atoms with van der Waals surface area (Å²) in [7, 11) is 0. The van der Waals surface area contributed by atoms with Crippen molar-refractivity contribution in [1.82, 2.24) is 20.1 Å². The van der Waals surface area contributed by atoms with Crippen LogP contribution in [0.1, 0.15) is 23.6 Å². The molecular formula is C21H20N4O2S2. The summed E-state index contributed by atoms with van der Waals surface area (Å²) < 4.78 is 7.40. The van der Waals surface area contributed by atoms with E-state index in [4.69, 9.17) is 4.42 Å². The van der Waals surface area contributed by atoms with Gasteiger partial charge in [0.1, 0.15) is 5.76 Å². The van der Waals surface area contributed by atoms with Crippen molar-refractivity contribution in [2.24, 2.45) is 0 Å². The molecule has 0 fully saturated rings. The van der Waals surface area contributed by atoms with Gasteiger partial charge < -0.3 is 9.73 Å². The normalized spacial score (nSPS) is 12.1. The van der Waals surface area contributed by atoms with Gasteiger partial charge >= 0.3 is 0 Å². The molecule has 6 nitrogen and oxygen atoms in total. The highest BCUT2D eigenvalue weighted by atomic mass is 32.2. The minimum Gasteiger partial charge on any atom is -0.469 e. The van der Waals surface area contributed by atoms with E-state index >= 15 is 0 Å². The van der Waals surface area contributed by atoms with Crippen LogP contribution in [-0.4, -0.2) is 26.4 Å². The Bertz CT molecular complexity index is 1090. The Balaban J connectivity index is 1.55. The van der Waals surface area contributed by atoms with Crippen LogP contribution in [0.5, 0.6) is 0 Å². The van der Waals surface area contributed by atoms with Crippen LogP contribution in [-0.2, 0) is 4.79 Å². The lowest BCUT2D eigenvalue weighted by molar-refractivity contribution is -0.119. The predicted molar refractivity (Wildman–Crippen MR) is 115 cm³/mol. The zero-order chi connectivity index (χ0) is 20.2. The third-order valence-electron chi connectivity index (χ3n) is 4.43. The highest BCUT2D eigenvalue weighted by molar-refractivity contribution is 7.99. The molecule has 0 saturated carbocycles. The number of rotatable bonds is 7. The average molecular weight is 425 g/mol. The molecule has 0 aliphatic rings. The number of hydrogen-bond acceptors (Lipinski definition) is 6. The van der Waals surface area contributed by atoms with Crippen molar-refractivity contribution < 1.29 is 9.21 Å². The Morgan fingerprint density at radius 1 is 1.21 bits per heavy atom. The van der Waals surface area contributed by atoms with Crippen LogP contribution < -0.4 is 5.32 Å². The molecule has 1 atom stereocenters. The van der Waals surface area contributed by atoms with Gasteiger partial charge in [0.05, 0.1) is 23.6 Å². The number of nitrogens with zero attached hydrogens (tertiary/aromatic N) is 3. The first-order valence-corrected chi connectivity index (χ1v) is 11.0. The number of amides is 1. The molecule has 0 spiro atoms. The second kappa shape index (κ2) is 8.67. The number of nitrogens with one attached hydrogen (secondary N) is 1. The van der Waals surface area contributed by atoms with E-state index in [2.05, 4.69) is 15.5 Å². The number of furan rings is 1. The summed E-state index contributed by atoms with van der Waals surface area (Å²) in [5, 5.41) is 14.4. The van der Waals surface area contributed by atoms with E-state index in [0.29, 0.717) is 11.0 Å². The topological polar surface area (TPSA) is 72.9 Å². The van der Waals surface area contributed by atoms with Gasteiger partial charge in [0.2, 0.25) is 5.91 Å². The van der Waals surface area contributed by atoms with Gasteiger partial charge in [-0.05, 0) is 43.5 Å². The quantitative estimate of drug-likeness (QED) is 0.429. The molecule has 8 heteroatoms. The lowest BCUT2D eigenvalue weighted by Crippen LogP contribution is -2.27. The number of carbonyl (C=O) groups excluding carboxylic acids is 1. The molecule has 3 heterocycles. The van der Waals surface area contributed by atoms with Gasteiger partial charge in [-0.2, -0.15) is 0 Å². The average Bonchev–Trinajstić information content (AvgIpc) is 3.47. The number of benzene rings is 1. The molecule has 0 aliphatic heterocycles. The molecule has 0 saturated heterocycles. The maximum absolute atomic E-state index is 12.5. The Kier molecular flexibility index (Phi) is 5.82. The summed E-state index contributed by atoms with van der Waals surface area (Å²) in [5.74, 6) is 1.68. The van der Waals surface area contributed by atoms with Crippen molar-refractivity contribution in [1.29, 1.82) is 0 Å². The molecule has 1 amide bonds. The summed E-state index contributed by atoms with van der Waals surface area (Å²) in [4.78, 5) is 13.6. The molecule has 148 valence electrons. The lowest BCUT2D eigenvalue weighted by Gasteiger charge is -2.12. The number of hydrogen-bond donors (Lipinski definition) is 1. The summed E-state index contributed by atoms with van der Waals surface area (Å²) in [6, 6.07) is 15.7. The minimum absolute atomic E-state index is 0.0146. The first kappa shape index (κ1) is 19.5. The van der Waals surface area contributed by atoms with E-state index in [0.717, 1.165) is 21.9 Å². The Morgan fingerprint density at radius 3 is 2.72 bits per heavy atom. The van der Waals surface area contributed by atoms with Crippen LogP contribution in [0, 0.1) is 6.92 Å². The molecule has 0 radical (unpaired) electrons. The van der Waals surface area contributed by atoms with Gasteiger partial charge in [-0.3, -0.25) is 9.36 Å². The Hall–Kier alpha value is -2.84. The highest BCUT2D eigenvalue weighted by Gasteiger charge is 2.20. The zero-order valence-corrected chi connectivity index (χ0v) is 17.7. The van der Waals surface area contributed by atoms with E-state index in [9.17, 15) is 4.79 Å². The van der Waals surface area contributed by atoms with Gasteiger partial charge in [0.15, 0.2) is 11.0 Å². The second-order valence-corrected chi connectivity index (χ2v) is 8.38. The fourth-order valence-electron chi connectivity index (χ4n) is 2.99. The van der Waals surface area contributed by atoms with Crippen molar-refractivity contribution in [3.8, 4) is 17.1 Å². The zero-order valence-electron chi connectivity index (χ0n) is 16.0. The van der Waals surface area contributed by atoms with Crippen LogP contribution in [0.4, 0.5) is 0 Å². The number of para-hydroxylation sites is 1. The van der Waals surface area contributed by atoms with Crippen LogP contribution in [0.25, 0.3) is 17.1 Å². The monoisotopic (exact) mass is 424 g/mol. The number of aryl methyl sites for hydroxylation is 1. The summed E-state index contributed by atoms with van der Waals surface area (Å²) in [6.07, 6.45) is 1.64. The standard InChI is InChI=1S/C21H20N4O2S2/c1-14(18-9-6-12-28-18)22-19(26)13-29-21-24-23-20(17-10-11-27-15(17)2)25(21)16-7-4-3-5-8-16/h3-12,14H,13H2,1-2H3,(H,22,26). The number of thiophene rings is 1. The van der Waals surface area contributed by atoms with Crippen molar-refractivity contribution >= 4 is 29.0 Å². The molecule has 1 aromatic carbocycles. The lowest BCUT2D eigenvalue weighted by atomic mass is 10.2. The molecule has 4 aromatic rings. The van der Waals surface area contributed by atoms with Crippen LogP contribution >= 0.6 is 23.1 Å². The molecule has 1 unspecified atom stereocenters. The number of aromatic nitrogens is 3. The van der Waals surface area contributed by atoms with Crippen LogP contribution in [0.3, 0.4) is 0 Å². The largest absolute Gasteiger partial charge is 0.469 e. The van der Waals surface area contributed by atoms with Crippen molar-refractivity contribution in [2.45, 2.75) is 25.0 Å². The van der Waals surface area contributed by atoms with Crippen molar-refractivity contribution in [2.75, 3.05) is 5.75 Å². The SMILES string of the molecule is Cc1occc1-c1nnc(SCC(=O)NC(C)c2cccs2)n1-c1ccccc1. The summed E-state index contributed by atoms with van der Waals surface area (Å²) in [5.41, 5.74) is 1.81. The third kappa shape index (κ3) is 4.28. The minimum atomic E-state index is -0.0421. The first-order chi connectivity index (χ1) is 14.1. The van der Waals surface area contributed by atoms with Gasteiger partial charge in [0.25, 0.3) is 0 Å². The molecule has 1 N–H and O–H groups in total. The van der Waals surface area contributed by atoms with Crippen molar-refractivity contribution in [3.05, 3.63) is 70.8 Å². The fourth-order valence-corrected chi connectivity index (χ4v) is 4.48. The number of thioether (sulfide) groups is 1. The number of carbonyl (C=O) groups is 1. The molecule has 0 aliphatic carbocycles. The maximum Gasteiger partial charge on any atom is 0.230 e. The molecule has 4 rings (SSSR count). The smallest absolute Gasteiger partial charge is 0.230 e. The van der Waals surface area contributed by atoms with Crippen LogP contribution in [0.2, 0.25) is 0 Å². The van der Waals surface area contributed by atoms with Crippen LogP contribution in [0.15, 0.2) is 69.7 Å². The summed E-state index contributed by atoms with van der Waals surface area (Å²) >= 11 is 3.00. The van der Waals surface area contributed by atoms with E-state index in [1.807, 2.05) is 72.3 Å². The van der Waals surface area contributed by atoms with E-state index in [-0.39, 0.29) is 17.7 Å². The van der Waals surface area contributed by atoms with Gasteiger partial charge in [0, 0.05) is 10.6 Å². The summed E-state index contributed by atoms with van der Waals surface area (Å²) in [6.45, 7) is 3.88. The second-order valence-electron chi connectivity index (χ2n) is 6.46. The fraction of sp³-hybridized carbons (Fsp3) is 0.190. The maximum atomic E-state index is 12.5. The van der Waals surface area contributed by atoms with Gasteiger partial charge in [-0.15, -0.1) is 21.5 Å². The molecular weight excluding hydrogens is 404 g/mol. The Labute approximate surface area is 177 Å². The Morgan fingerprint density at radius 2 is 2.03 bits per heavy atom. The van der Waals surface area contributed by atoms with E-state index in [1.165, 1.54) is 11.8 Å². The highest BCUT2D eigenvalue weighted by Crippen LogP contribution is 2.30. The van der Waals surface area contributed by atoms with E-state index < -0.39 is 0 Å². The first-order valence-electron chi connectivity index (χ1n) is 9.14. The van der Waals surface area contributed by atoms with Crippen molar-refractivity contribution in [3.63, 3.8) is 0 Å².